The molecule has 1 aromatic heterocycles. The SMILES string of the molecule is CCCN(CCC)c1c(C)nc(-c2c(C)cc(C)cc2C)[nH]c1=O. The Labute approximate surface area is 144 Å². The Bertz CT molecular complexity index is 748. The van der Waals surface area contributed by atoms with Gasteiger partial charge in [-0.2, -0.15) is 0 Å². The number of nitrogens with one attached hydrogen (secondary N) is 1. The van der Waals surface area contributed by atoms with Crippen LogP contribution in [0.3, 0.4) is 0 Å². The van der Waals surface area contributed by atoms with Gasteiger partial charge in [-0.3, -0.25) is 4.79 Å². The molecule has 4 heteroatoms. The topological polar surface area (TPSA) is 49.0 Å². The molecule has 1 heterocycles. The lowest BCUT2D eigenvalue weighted by Crippen LogP contribution is -2.32. The van der Waals surface area contributed by atoms with Gasteiger partial charge in [0.05, 0.1) is 5.69 Å². The van der Waals surface area contributed by atoms with Crippen LogP contribution in [0.15, 0.2) is 16.9 Å². The highest BCUT2D eigenvalue weighted by molar-refractivity contribution is 5.66. The van der Waals surface area contributed by atoms with Crippen molar-refractivity contribution in [3.05, 3.63) is 44.9 Å². The Morgan fingerprint density at radius 2 is 1.54 bits per heavy atom. The van der Waals surface area contributed by atoms with Gasteiger partial charge in [-0.05, 0) is 51.7 Å². The lowest BCUT2D eigenvalue weighted by Gasteiger charge is -2.24. The smallest absolute Gasteiger partial charge is 0.275 e. The van der Waals surface area contributed by atoms with Gasteiger partial charge in [-0.15, -0.1) is 0 Å². The monoisotopic (exact) mass is 327 g/mol. The Morgan fingerprint density at radius 3 is 2.00 bits per heavy atom. The molecule has 4 nitrogen and oxygen atoms in total. The number of benzene rings is 1. The molecular formula is C20H29N3O. The molecule has 2 rings (SSSR count). The normalized spacial score (nSPS) is 10.9. The predicted molar refractivity (Wildman–Crippen MR) is 102 cm³/mol. The number of nitrogens with zero attached hydrogens (tertiary/aromatic N) is 2. The Morgan fingerprint density at radius 1 is 1.00 bits per heavy atom. The van der Waals surface area contributed by atoms with E-state index < -0.39 is 0 Å². The van der Waals surface area contributed by atoms with Gasteiger partial charge in [-0.1, -0.05) is 31.5 Å². The first-order valence-electron chi connectivity index (χ1n) is 8.83. The van der Waals surface area contributed by atoms with Crippen molar-refractivity contribution in [1.29, 1.82) is 0 Å². The van der Waals surface area contributed by atoms with E-state index in [9.17, 15) is 4.79 Å². The third-order valence-corrected chi connectivity index (χ3v) is 4.29. The van der Waals surface area contributed by atoms with E-state index in [1.54, 1.807) is 0 Å². The van der Waals surface area contributed by atoms with Crippen molar-refractivity contribution in [1.82, 2.24) is 9.97 Å². The summed E-state index contributed by atoms with van der Waals surface area (Å²) in [5.41, 5.74) is 6.01. The molecule has 0 bridgehead atoms. The van der Waals surface area contributed by atoms with Gasteiger partial charge in [0, 0.05) is 18.7 Å². The first kappa shape index (κ1) is 18.2. The summed E-state index contributed by atoms with van der Waals surface area (Å²) in [5, 5.41) is 0. The zero-order valence-corrected chi connectivity index (χ0v) is 15.8. The molecule has 0 aliphatic heterocycles. The lowest BCUT2D eigenvalue weighted by atomic mass is 9.99. The number of aryl methyl sites for hydroxylation is 4. The van der Waals surface area contributed by atoms with E-state index in [4.69, 9.17) is 4.98 Å². The van der Waals surface area contributed by atoms with Crippen molar-refractivity contribution in [3.8, 4) is 11.4 Å². The summed E-state index contributed by atoms with van der Waals surface area (Å²) in [5.74, 6) is 0.671. The largest absolute Gasteiger partial charge is 0.366 e. The molecule has 0 amide bonds. The summed E-state index contributed by atoms with van der Waals surface area (Å²) in [6, 6.07) is 4.26. The fraction of sp³-hybridized carbons (Fsp3) is 0.500. The van der Waals surface area contributed by atoms with Crippen molar-refractivity contribution in [2.75, 3.05) is 18.0 Å². The molecule has 2 aromatic rings. The third-order valence-electron chi connectivity index (χ3n) is 4.29. The summed E-state index contributed by atoms with van der Waals surface area (Å²) in [7, 11) is 0. The van der Waals surface area contributed by atoms with E-state index in [1.807, 2.05) is 6.92 Å². The van der Waals surface area contributed by atoms with Gasteiger partial charge in [0.1, 0.15) is 11.5 Å². The highest BCUT2D eigenvalue weighted by atomic mass is 16.1. The molecule has 0 aliphatic rings. The van der Waals surface area contributed by atoms with Crippen molar-refractivity contribution in [2.45, 2.75) is 54.4 Å². The molecule has 24 heavy (non-hydrogen) atoms. The number of H-pyrrole nitrogens is 1. The van der Waals surface area contributed by atoms with Crippen LogP contribution in [0.4, 0.5) is 5.69 Å². The molecule has 1 N–H and O–H groups in total. The van der Waals surface area contributed by atoms with E-state index in [1.165, 1.54) is 5.56 Å². The Balaban J connectivity index is 2.57. The van der Waals surface area contributed by atoms with E-state index in [0.29, 0.717) is 11.5 Å². The molecule has 0 fully saturated rings. The molecule has 0 aliphatic carbocycles. The van der Waals surface area contributed by atoms with Gasteiger partial charge in [-0.25, -0.2) is 4.98 Å². The molecule has 0 spiro atoms. The van der Waals surface area contributed by atoms with Crippen molar-refractivity contribution in [3.63, 3.8) is 0 Å². The molecule has 0 unspecified atom stereocenters. The first-order valence-corrected chi connectivity index (χ1v) is 8.83. The molecular weight excluding hydrogens is 298 g/mol. The summed E-state index contributed by atoms with van der Waals surface area (Å²) in [4.78, 5) is 22.7. The maximum atomic E-state index is 12.8. The van der Waals surface area contributed by atoms with Crippen molar-refractivity contribution < 1.29 is 0 Å². The minimum Gasteiger partial charge on any atom is -0.366 e. The van der Waals surface area contributed by atoms with E-state index >= 15 is 0 Å². The second-order valence-electron chi connectivity index (χ2n) is 6.61. The summed E-state index contributed by atoms with van der Waals surface area (Å²) in [6.07, 6.45) is 2.02. The maximum Gasteiger partial charge on any atom is 0.275 e. The van der Waals surface area contributed by atoms with E-state index in [2.05, 4.69) is 56.6 Å². The third kappa shape index (κ3) is 3.69. The second-order valence-corrected chi connectivity index (χ2v) is 6.61. The van der Waals surface area contributed by atoms with E-state index in [0.717, 1.165) is 48.3 Å². The number of hydrogen-bond acceptors (Lipinski definition) is 3. The quantitative estimate of drug-likeness (QED) is 0.860. The second kappa shape index (κ2) is 7.65. The summed E-state index contributed by atoms with van der Waals surface area (Å²) in [6.45, 7) is 14.2. The van der Waals surface area contributed by atoms with Crippen LogP contribution in [0.5, 0.6) is 0 Å². The molecule has 130 valence electrons. The van der Waals surface area contributed by atoms with Crippen molar-refractivity contribution >= 4 is 5.69 Å². The average molecular weight is 327 g/mol. The van der Waals surface area contributed by atoms with Crippen LogP contribution in [0.25, 0.3) is 11.4 Å². The van der Waals surface area contributed by atoms with Crippen LogP contribution in [-0.2, 0) is 0 Å². The molecule has 0 radical (unpaired) electrons. The number of aromatic amines is 1. The highest BCUT2D eigenvalue weighted by Crippen LogP contribution is 2.26. The summed E-state index contributed by atoms with van der Waals surface area (Å²) < 4.78 is 0. The van der Waals surface area contributed by atoms with Gasteiger partial charge in [0.25, 0.3) is 5.56 Å². The van der Waals surface area contributed by atoms with Gasteiger partial charge in [0.2, 0.25) is 0 Å². The molecule has 0 atom stereocenters. The van der Waals surface area contributed by atoms with E-state index in [-0.39, 0.29) is 5.56 Å². The summed E-state index contributed by atoms with van der Waals surface area (Å²) >= 11 is 0. The number of rotatable bonds is 6. The van der Waals surface area contributed by atoms with Crippen LogP contribution in [-0.4, -0.2) is 23.1 Å². The standard InChI is InChI=1S/C20H29N3O/c1-7-9-23(10-8-2)18-16(6)21-19(22-20(18)24)17-14(4)11-13(3)12-15(17)5/h11-12H,7-10H2,1-6H3,(H,21,22,24). The fourth-order valence-corrected chi connectivity index (χ4v) is 3.50. The first-order chi connectivity index (χ1) is 11.4. The Hall–Kier alpha value is -2.10. The van der Waals surface area contributed by atoms with Crippen LogP contribution >= 0.6 is 0 Å². The molecule has 1 aromatic carbocycles. The van der Waals surface area contributed by atoms with Gasteiger partial charge >= 0.3 is 0 Å². The number of anilines is 1. The number of hydrogen-bond donors (Lipinski definition) is 1. The van der Waals surface area contributed by atoms with Crippen LogP contribution in [0, 0.1) is 27.7 Å². The average Bonchev–Trinajstić information content (AvgIpc) is 2.45. The molecule has 0 saturated heterocycles. The Kier molecular flexibility index (Phi) is 5.81. The zero-order valence-electron chi connectivity index (χ0n) is 15.8. The predicted octanol–water partition coefficient (Wildman–Crippen LogP) is 4.30. The van der Waals surface area contributed by atoms with Crippen LogP contribution < -0.4 is 10.5 Å². The van der Waals surface area contributed by atoms with Crippen LogP contribution in [0.2, 0.25) is 0 Å². The maximum absolute atomic E-state index is 12.8. The highest BCUT2D eigenvalue weighted by Gasteiger charge is 2.17. The zero-order chi connectivity index (χ0) is 17.9. The minimum absolute atomic E-state index is 0.0428. The lowest BCUT2D eigenvalue weighted by molar-refractivity contribution is 0.734. The van der Waals surface area contributed by atoms with Gasteiger partial charge < -0.3 is 9.88 Å². The number of aromatic nitrogens is 2. The molecule has 0 saturated carbocycles. The van der Waals surface area contributed by atoms with Crippen LogP contribution in [0.1, 0.15) is 49.1 Å². The van der Waals surface area contributed by atoms with Gasteiger partial charge in [0.15, 0.2) is 0 Å². The fourth-order valence-electron chi connectivity index (χ4n) is 3.50. The van der Waals surface area contributed by atoms with Crippen molar-refractivity contribution in [2.24, 2.45) is 0 Å². The minimum atomic E-state index is -0.0428.